The zero-order chi connectivity index (χ0) is 11.8. The maximum absolute atomic E-state index is 11.5. The van der Waals surface area contributed by atoms with Crippen LogP contribution in [0.25, 0.3) is 0 Å². The van der Waals surface area contributed by atoms with E-state index in [1.165, 1.54) is 0 Å². The number of amides is 1. The van der Waals surface area contributed by atoms with Gasteiger partial charge in [-0.1, -0.05) is 43.7 Å². The summed E-state index contributed by atoms with van der Waals surface area (Å²) in [5, 5.41) is 12.4. The predicted octanol–water partition coefficient (Wildman–Crippen LogP) is 1.51. The Balaban J connectivity index is 2.34. The van der Waals surface area contributed by atoms with Crippen LogP contribution in [0.2, 0.25) is 0 Å². The summed E-state index contributed by atoms with van der Waals surface area (Å²) < 4.78 is 0. The van der Waals surface area contributed by atoms with E-state index < -0.39 is 6.10 Å². The number of carbonyl (C=O) groups is 1. The zero-order valence-electron chi connectivity index (χ0n) is 9.65. The zero-order valence-corrected chi connectivity index (χ0v) is 9.65. The quantitative estimate of drug-likeness (QED) is 0.715. The summed E-state index contributed by atoms with van der Waals surface area (Å²) in [6.45, 7) is 2.70. The molecule has 0 aliphatic heterocycles. The lowest BCUT2D eigenvalue weighted by Crippen LogP contribution is -2.36. The van der Waals surface area contributed by atoms with Crippen LogP contribution in [0.1, 0.15) is 25.3 Å². The van der Waals surface area contributed by atoms with Crippen molar-refractivity contribution in [2.24, 2.45) is 0 Å². The van der Waals surface area contributed by atoms with Crippen molar-refractivity contribution in [1.82, 2.24) is 5.32 Å². The number of benzene rings is 1. The second-order valence-corrected chi connectivity index (χ2v) is 3.85. The molecule has 1 aromatic rings. The number of unbranched alkanes of at least 4 members (excludes halogenated alkanes) is 1. The van der Waals surface area contributed by atoms with Gasteiger partial charge in [-0.3, -0.25) is 4.79 Å². The lowest BCUT2D eigenvalue weighted by Gasteiger charge is -2.10. The van der Waals surface area contributed by atoms with Crippen LogP contribution in [0.4, 0.5) is 0 Å². The van der Waals surface area contributed by atoms with Crippen molar-refractivity contribution < 1.29 is 9.90 Å². The summed E-state index contributed by atoms with van der Waals surface area (Å²) in [5.74, 6) is -0.280. The Labute approximate surface area is 96.5 Å². The van der Waals surface area contributed by atoms with Crippen LogP contribution >= 0.6 is 0 Å². The Morgan fingerprint density at radius 1 is 1.38 bits per heavy atom. The number of rotatable bonds is 6. The van der Waals surface area contributed by atoms with E-state index in [0.717, 1.165) is 18.4 Å². The highest BCUT2D eigenvalue weighted by atomic mass is 16.3. The first-order chi connectivity index (χ1) is 7.74. The summed E-state index contributed by atoms with van der Waals surface area (Å²) in [7, 11) is 0. The van der Waals surface area contributed by atoms with Gasteiger partial charge in [-0.25, -0.2) is 0 Å². The van der Waals surface area contributed by atoms with E-state index in [1.54, 1.807) is 0 Å². The molecule has 1 amide bonds. The van der Waals surface area contributed by atoms with E-state index in [9.17, 15) is 9.90 Å². The Morgan fingerprint density at radius 3 is 2.69 bits per heavy atom. The molecule has 0 unspecified atom stereocenters. The minimum Gasteiger partial charge on any atom is -0.383 e. The maximum atomic E-state index is 11.5. The summed E-state index contributed by atoms with van der Waals surface area (Å²) in [4.78, 5) is 11.5. The van der Waals surface area contributed by atoms with Crippen molar-refractivity contribution in [1.29, 1.82) is 0 Å². The molecule has 3 heteroatoms. The SMILES string of the molecule is CCCCNC(=O)[C@@H](O)Cc1ccccc1. The Kier molecular flexibility index (Phi) is 5.57. The van der Waals surface area contributed by atoms with Gasteiger partial charge in [0.1, 0.15) is 6.10 Å². The van der Waals surface area contributed by atoms with E-state index in [-0.39, 0.29) is 5.91 Å². The number of carbonyl (C=O) groups excluding carboxylic acids is 1. The lowest BCUT2D eigenvalue weighted by atomic mass is 10.1. The van der Waals surface area contributed by atoms with Gasteiger partial charge in [0, 0.05) is 13.0 Å². The van der Waals surface area contributed by atoms with Crippen molar-refractivity contribution in [3.8, 4) is 0 Å². The first-order valence-corrected chi connectivity index (χ1v) is 5.73. The average molecular weight is 221 g/mol. The minimum atomic E-state index is -0.945. The molecule has 1 rings (SSSR count). The van der Waals surface area contributed by atoms with Crippen molar-refractivity contribution in [3.63, 3.8) is 0 Å². The topological polar surface area (TPSA) is 49.3 Å². The molecule has 0 aromatic heterocycles. The van der Waals surface area contributed by atoms with Crippen LogP contribution in [0.5, 0.6) is 0 Å². The van der Waals surface area contributed by atoms with E-state index in [4.69, 9.17) is 0 Å². The van der Waals surface area contributed by atoms with Gasteiger partial charge < -0.3 is 10.4 Å². The van der Waals surface area contributed by atoms with Crippen LogP contribution in [0.3, 0.4) is 0 Å². The van der Waals surface area contributed by atoms with Crippen LogP contribution in [0.15, 0.2) is 30.3 Å². The van der Waals surface area contributed by atoms with E-state index in [2.05, 4.69) is 12.2 Å². The fourth-order valence-electron chi connectivity index (χ4n) is 1.44. The highest BCUT2D eigenvalue weighted by molar-refractivity contribution is 5.80. The number of nitrogens with one attached hydrogen (secondary N) is 1. The van der Waals surface area contributed by atoms with Gasteiger partial charge in [0.15, 0.2) is 0 Å². The number of aliphatic hydroxyl groups excluding tert-OH is 1. The normalized spacial score (nSPS) is 12.1. The second-order valence-electron chi connectivity index (χ2n) is 3.85. The summed E-state index contributed by atoms with van der Waals surface area (Å²) in [5.41, 5.74) is 0.973. The van der Waals surface area contributed by atoms with Crippen molar-refractivity contribution in [2.75, 3.05) is 6.54 Å². The monoisotopic (exact) mass is 221 g/mol. The third-order valence-corrected chi connectivity index (χ3v) is 2.40. The molecule has 16 heavy (non-hydrogen) atoms. The first kappa shape index (κ1) is 12.7. The maximum Gasteiger partial charge on any atom is 0.249 e. The van der Waals surface area contributed by atoms with Gasteiger partial charge in [0.2, 0.25) is 5.91 Å². The van der Waals surface area contributed by atoms with Crippen molar-refractivity contribution in [2.45, 2.75) is 32.3 Å². The molecule has 0 heterocycles. The molecule has 1 atom stereocenters. The Morgan fingerprint density at radius 2 is 2.06 bits per heavy atom. The fraction of sp³-hybridized carbons (Fsp3) is 0.462. The number of hydrogen-bond donors (Lipinski definition) is 2. The van der Waals surface area contributed by atoms with Gasteiger partial charge in [-0.2, -0.15) is 0 Å². The summed E-state index contributed by atoms with van der Waals surface area (Å²) >= 11 is 0. The largest absolute Gasteiger partial charge is 0.383 e. The van der Waals surface area contributed by atoms with Gasteiger partial charge in [0.25, 0.3) is 0 Å². The Bertz CT molecular complexity index is 311. The summed E-state index contributed by atoms with van der Waals surface area (Å²) in [6.07, 6.45) is 1.41. The van der Waals surface area contributed by atoms with Crippen LogP contribution < -0.4 is 5.32 Å². The molecular formula is C13H19NO2. The first-order valence-electron chi connectivity index (χ1n) is 5.73. The van der Waals surface area contributed by atoms with Gasteiger partial charge in [0.05, 0.1) is 0 Å². The molecule has 2 N–H and O–H groups in total. The minimum absolute atomic E-state index is 0.280. The molecule has 88 valence electrons. The van der Waals surface area contributed by atoms with Crippen molar-refractivity contribution >= 4 is 5.91 Å². The smallest absolute Gasteiger partial charge is 0.249 e. The molecule has 0 aliphatic carbocycles. The highest BCUT2D eigenvalue weighted by Gasteiger charge is 2.14. The second kappa shape index (κ2) is 7.01. The van der Waals surface area contributed by atoms with E-state index >= 15 is 0 Å². The third-order valence-electron chi connectivity index (χ3n) is 2.40. The molecule has 0 radical (unpaired) electrons. The lowest BCUT2D eigenvalue weighted by molar-refractivity contribution is -0.129. The van der Waals surface area contributed by atoms with Gasteiger partial charge >= 0.3 is 0 Å². The predicted molar refractivity (Wildman–Crippen MR) is 64.1 cm³/mol. The fourth-order valence-corrected chi connectivity index (χ4v) is 1.44. The summed E-state index contributed by atoms with van der Waals surface area (Å²) in [6, 6.07) is 9.52. The Hall–Kier alpha value is -1.35. The van der Waals surface area contributed by atoms with Gasteiger partial charge in [-0.15, -0.1) is 0 Å². The molecule has 0 saturated carbocycles. The molecule has 0 spiro atoms. The molecule has 0 aliphatic rings. The van der Waals surface area contributed by atoms with Crippen LogP contribution in [-0.4, -0.2) is 23.7 Å². The van der Waals surface area contributed by atoms with Crippen LogP contribution in [-0.2, 0) is 11.2 Å². The standard InChI is InChI=1S/C13H19NO2/c1-2-3-9-14-13(16)12(15)10-11-7-5-4-6-8-11/h4-8,12,15H,2-3,9-10H2,1H3,(H,14,16)/t12-/m0/s1. The van der Waals surface area contributed by atoms with Gasteiger partial charge in [-0.05, 0) is 12.0 Å². The molecule has 0 saturated heterocycles. The molecular weight excluding hydrogens is 202 g/mol. The third kappa shape index (κ3) is 4.45. The number of hydrogen-bond acceptors (Lipinski definition) is 2. The molecule has 0 bridgehead atoms. The van der Waals surface area contributed by atoms with E-state index in [0.29, 0.717) is 13.0 Å². The van der Waals surface area contributed by atoms with Crippen LogP contribution in [0, 0.1) is 0 Å². The van der Waals surface area contributed by atoms with E-state index in [1.807, 2.05) is 30.3 Å². The molecule has 0 fully saturated rings. The number of aliphatic hydroxyl groups is 1. The van der Waals surface area contributed by atoms with Crippen molar-refractivity contribution in [3.05, 3.63) is 35.9 Å². The molecule has 3 nitrogen and oxygen atoms in total. The molecule has 1 aromatic carbocycles. The average Bonchev–Trinajstić information content (AvgIpc) is 2.30. The highest BCUT2D eigenvalue weighted by Crippen LogP contribution is 2.03.